The number of phenolic OH excluding ortho intramolecular Hbond substituents is 1. The summed E-state index contributed by atoms with van der Waals surface area (Å²) < 4.78 is 5.90. The highest BCUT2D eigenvalue weighted by atomic mass is 16.5. The summed E-state index contributed by atoms with van der Waals surface area (Å²) in [5, 5.41) is 20.9. The lowest BCUT2D eigenvalue weighted by Crippen LogP contribution is -2.42. The van der Waals surface area contributed by atoms with Gasteiger partial charge >= 0.3 is 0 Å². The Morgan fingerprint density at radius 2 is 2.04 bits per heavy atom. The van der Waals surface area contributed by atoms with Gasteiger partial charge in [-0.1, -0.05) is 32.3 Å². The van der Waals surface area contributed by atoms with Crippen LogP contribution in [-0.4, -0.2) is 28.7 Å². The van der Waals surface area contributed by atoms with Crippen molar-refractivity contribution in [2.75, 3.05) is 6.61 Å². The first kappa shape index (κ1) is 18.8. The Bertz CT molecular complexity index is 565. The van der Waals surface area contributed by atoms with Crippen molar-refractivity contribution < 1.29 is 19.7 Å². The summed E-state index contributed by atoms with van der Waals surface area (Å²) in [6.45, 7) is 6.25. The zero-order chi connectivity index (χ0) is 17.7. The summed E-state index contributed by atoms with van der Waals surface area (Å²) in [6.07, 6.45) is 6.72. The molecular weight excluding hydrogens is 304 g/mol. The van der Waals surface area contributed by atoms with Gasteiger partial charge in [0.2, 0.25) is 0 Å². The van der Waals surface area contributed by atoms with Gasteiger partial charge in [-0.3, -0.25) is 4.79 Å². The van der Waals surface area contributed by atoms with Gasteiger partial charge in [0.05, 0.1) is 17.8 Å². The monoisotopic (exact) mass is 334 g/mol. The largest absolute Gasteiger partial charge is 0.507 e. The number of hydrogen-bond acceptors (Lipinski definition) is 4. The van der Waals surface area contributed by atoms with Crippen LogP contribution in [0, 0.1) is 18.8 Å². The molecular formula is C20H30O4. The predicted molar refractivity (Wildman–Crippen MR) is 94.7 cm³/mol. The van der Waals surface area contributed by atoms with E-state index in [2.05, 4.69) is 6.92 Å². The zero-order valence-corrected chi connectivity index (χ0v) is 15.0. The van der Waals surface area contributed by atoms with Crippen LogP contribution in [0.5, 0.6) is 11.5 Å². The Balaban J connectivity index is 2.12. The number of carbonyl (C=O) groups excluding carboxylic acids is 1. The second-order valence-electron chi connectivity index (χ2n) is 7.33. The van der Waals surface area contributed by atoms with Gasteiger partial charge in [-0.05, 0) is 56.6 Å². The fraction of sp³-hybridized carbons (Fsp3) is 0.650. The second-order valence-corrected chi connectivity index (χ2v) is 7.33. The van der Waals surface area contributed by atoms with Crippen LogP contribution in [0.3, 0.4) is 0 Å². The molecule has 4 nitrogen and oxygen atoms in total. The summed E-state index contributed by atoms with van der Waals surface area (Å²) >= 11 is 0. The molecule has 0 bridgehead atoms. The third kappa shape index (κ3) is 4.10. The van der Waals surface area contributed by atoms with Crippen LogP contribution in [0.4, 0.5) is 0 Å². The number of carbonyl (C=O) groups is 1. The number of rotatable bonds is 7. The maximum atomic E-state index is 11.3. The summed E-state index contributed by atoms with van der Waals surface area (Å²) in [6, 6.07) is 3.49. The third-order valence-electron chi connectivity index (χ3n) is 5.41. The highest BCUT2D eigenvalue weighted by Crippen LogP contribution is 2.40. The summed E-state index contributed by atoms with van der Waals surface area (Å²) in [5.74, 6) is 0.890. The Morgan fingerprint density at radius 3 is 2.71 bits per heavy atom. The number of phenols is 1. The van der Waals surface area contributed by atoms with Crippen LogP contribution in [-0.2, 0) is 0 Å². The van der Waals surface area contributed by atoms with Gasteiger partial charge in [-0.2, -0.15) is 0 Å². The molecule has 0 amide bonds. The zero-order valence-electron chi connectivity index (χ0n) is 15.0. The molecule has 0 radical (unpaired) electrons. The maximum Gasteiger partial charge on any atom is 0.157 e. The molecule has 2 N–H and O–H groups in total. The van der Waals surface area contributed by atoms with Gasteiger partial charge in [-0.15, -0.1) is 0 Å². The second kappa shape index (κ2) is 8.02. The fourth-order valence-corrected chi connectivity index (χ4v) is 4.05. The molecule has 1 aromatic carbocycles. The van der Waals surface area contributed by atoms with E-state index in [1.807, 2.05) is 6.92 Å². The molecule has 24 heavy (non-hydrogen) atoms. The quantitative estimate of drug-likeness (QED) is 0.732. The minimum atomic E-state index is -0.675. The van der Waals surface area contributed by atoms with Crippen LogP contribution in [0.1, 0.15) is 68.3 Å². The Kier molecular flexibility index (Phi) is 6.27. The first-order chi connectivity index (χ1) is 11.4. The van der Waals surface area contributed by atoms with Crippen molar-refractivity contribution in [1.82, 2.24) is 0 Å². The lowest BCUT2D eigenvalue weighted by atomic mass is 9.69. The van der Waals surface area contributed by atoms with Gasteiger partial charge in [0.15, 0.2) is 6.29 Å². The average molecular weight is 334 g/mol. The van der Waals surface area contributed by atoms with E-state index in [-0.39, 0.29) is 23.1 Å². The Morgan fingerprint density at radius 1 is 1.33 bits per heavy atom. The van der Waals surface area contributed by atoms with Crippen molar-refractivity contribution in [3.63, 3.8) is 0 Å². The number of hydrogen-bond donors (Lipinski definition) is 2. The minimum Gasteiger partial charge on any atom is -0.507 e. The van der Waals surface area contributed by atoms with Gasteiger partial charge in [-0.25, -0.2) is 0 Å². The summed E-state index contributed by atoms with van der Waals surface area (Å²) in [4.78, 5) is 11.3. The highest BCUT2D eigenvalue weighted by Gasteiger charge is 2.38. The van der Waals surface area contributed by atoms with E-state index >= 15 is 0 Å². The molecule has 3 atom stereocenters. The van der Waals surface area contributed by atoms with Crippen molar-refractivity contribution in [2.24, 2.45) is 11.8 Å². The van der Waals surface area contributed by atoms with Crippen molar-refractivity contribution in [3.8, 4) is 11.5 Å². The summed E-state index contributed by atoms with van der Waals surface area (Å²) in [5.41, 5.74) is 0.195. The lowest BCUT2D eigenvalue weighted by Gasteiger charge is -2.41. The van der Waals surface area contributed by atoms with Crippen LogP contribution < -0.4 is 4.74 Å². The molecule has 0 aliphatic heterocycles. The predicted octanol–water partition coefficient (Wildman–Crippen LogP) is 4.25. The van der Waals surface area contributed by atoms with Crippen LogP contribution in [0.15, 0.2) is 12.1 Å². The van der Waals surface area contributed by atoms with E-state index in [1.54, 1.807) is 19.1 Å². The Labute approximate surface area is 144 Å². The first-order valence-corrected chi connectivity index (χ1v) is 9.03. The van der Waals surface area contributed by atoms with Crippen molar-refractivity contribution >= 4 is 6.29 Å². The van der Waals surface area contributed by atoms with E-state index < -0.39 is 5.60 Å². The fourth-order valence-electron chi connectivity index (χ4n) is 4.05. The molecule has 1 aromatic rings. The van der Waals surface area contributed by atoms with Crippen molar-refractivity contribution in [2.45, 2.75) is 64.9 Å². The highest BCUT2D eigenvalue weighted by molar-refractivity contribution is 5.84. The number of benzene rings is 1. The van der Waals surface area contributed by atoms with E-state index in [4.69, 9.17) is 4.74 Å². The SMILES string of the molecule is CCCC(C)(O)C1CCCCC1COc1ccc(C)c(O)c1C=O. The molecule has 4 heteroatoms. The van der Waals surface area contributed by atoms with E-state index in [1.165, 1.54) is 0 Å². The lowest BCUT2D eigenvalue weighted by molar-refractivity contribution is -0.0578. The molecule has 1 fully saturated rings. The molecule has 0 heterocycles. The number of aldehydes is 1. The molecule has 0 aromatic heterocycles. The number of aromatic hydroxyl groups is 1. The first-order valence-electron chi connectivity index (χ1n) is 9.03. The molecule has 1 saturated carbocycles. The standard InChI is InChI=1S/C20H30O4/c1-4-11-20(3,23)17-8-6-5-7-15(17)13-24-18-10-9-14(2)19(22)16(18)12-21/h9-10,12,15,17,22-23H,4-8,11,13H2,1-3H3. The summed E-state index contributed by atoms with van der Waals surface area (Å²) in [7, 11) is 0. The van der Waals surface area contributed by atoms with Crippen molar-refractivity contribution in [3.05, 3.63) is 23.3 Å². The van der Waals surface area contributed by atoms with Gasteiger partial charge in [0, 0.05) is 0 Å². The molecule has 1 aliphatic rings. The van der Waals surface area contributed by atoms with E-state index in [9.17, 15) is 15.0 Å². The van der Waals surface area contributed by atoms with Crippen LogP contribution in [0.25, 0.3) is 0 Å². The smallest absolute Gasteiger partial charge is 0.157 e. The molecule has 0 spiro atoms. The van der Waals surface area contributed by atoms with Gasteiger partial charge < -0.3 is 14.9 Å². The van der Waals surface area contributed by atoms with Gasteiger partial charge in [0.1, 0.15) is 11.5 Å². The molecule has 2 rings (SSSR count). The normalized spacial score (nSPS) is 23.5. The average Bonchev–Trinajstić information content (AvgIpc) is 2.56. The molecule has 1 aliphatic carbocycles. The molecule has 3 unspecified atom stereocenters. The number of aryl methyl sites for hydroxylation is 1. The van der Waals surface area contributed by atoms with Crippen LogP contribution >= 0.6 is 0 Å². The van der Waals surface area contributed by atoms with Crippen LogP contribution in [0.2, 0.25) is 0 Å². The van der Waals surface area contributed by atoms with E-state index in [0.29, 0.717) is 24.2 Å². The Hall–Kier alpha value is -1.55. The van der Waals surface area contributed by atoms with Crippen molar-refractivity contribution in [1.29, 1.82) is 0 Å². The van der Waals surface area contributed by atoms with Gasteiger partial charge in [0.25, 0.3) is 0 Å². The molecule has 0 saturated heterocycles. The third-order valence-corrected chi connectivity index (χ3v) is 5.41. The minimum absolute atomic E-state index is 0.0133. The maximum absolute atomic E-state index is 11.3. The van der Waals surface area contributed by atoms with E-state index in [0.717, 1.165) is 38.5 Å². The molecule has 134 valence electrons. The topological polar surface area (TPSA) is 66.8 Å². The number of ether oxygens (including phenoxy) is 1. The number of aliphatic hydroxyl groups is 1.